The Morgan fingerprint density at radius 2 is 1.18 bits per heavy atom. The van der Waals surface area contributed by atoms with Gasteiger partial charge in [0.2, 0.25) is 0 Å². The first-order valence-corrected chi connectivity index (χ1v) is 6.79. The molecule has 0 saturated heterocycles. The number of aliphatic carboxylic acids is 2. The molecule has 2 atom stereocenters. The minimum absolute atomic E-state index is 0.247. The Labute approximate surface area is 107 Å². The van der Waals surface area contributed by atoms with E-state index in [0.29, 0.717) is 12.8 Å². The molecule has 100 valence electrons. The van der Waals surface area contributed by atoms with Crippen LogP contribution < -0.4 is 0 Å². The van der Waals surface area contributed by atoms with E-state index in [4.69, 9.17) is 10.2 Å². The summed E-state index contributed by atoms with van der Waals surface area (Å²) in [5.74, 6) is -1.34. The third-order valence-electron chi connectivity index (χ3n) is 2.25. The van der Waals surface area contributed by atoms with Gasteiger partial charge in [0.15, 0.2) is 0 Å². The van der Waals surface area contributed by atoms with Crippen LogP contribution in [0.3, 0.4) is 0 Å². The SMILES string of the molecule is CC(C)CC(SC(CC(C)C)C(=O)O)C(=O)O. The van der Waals surface area contributed by atoms with Gasteiger partial charge in [0, 0.05) is 0 Å². The zero-order valence-corrected chi connectivity index (χ0v) is 11.7. The Kier molecular flexibility index (Phi) is 7.27. The Bertz CT molecular complexity index is 237. The molecule has 2 unspecified atom stereocenters. The van der Waals surface area contributed by atoms with E-state index in [-0.39, 0.29) is 11.8 Å². The molecule has 0 spiro atoms. The Morgan fingerprint density at radius 1 is 0.882 bits per heavy atom. The van der Waals surface area contributed by atoms with E-state index >= 15 is 0 Å². The maximum Gasteiger partial charge on any atom is 0.316 e. The van der Waals surface area contributed by atoms with Crippen LogP contribution in [0.5, 0.6) is 0 Å². The van der Waals surface area contributed by atoms with Crippen molar-refractivity contribution in [1.29, 1.82) is 0 Å². The topological polar surface area (TPSA) is 74.6 Å². The van der Waals surface area contributed by atoms with Crippen LogP contribution in [0.1, 0.15) is 40.5 Å². The second kappa shape index (κ2) is 7.58. The summed E-state index contributed by atoms with van der Waals surface area (Å²) in [6, 6.07) is 0. The van der Waals surface area contributed by atoms with E-state index in [1.165, 1.54) is 0 Å². The standard InChI is InChI=1S/C12H22O4S/c1-7(2)5-9(11(13)14)17-10(12(15)16)6-8(3)4/h7-10H,5-6H2,1-4H3,(H,13,14)(H,15,16). The highest BCUT2D eigenvalue weighted by Gasteiger charge is 2.28. The van der Waals surface area contributed by atoms with Crippen LogP contribution in [-0.2, 0) is 9.59 Å². The van der Waals surface area contributed by atoms with E-state index in [2.05, 4.69) is 0 Å². The second-order valence-corrected chi connectivity index (χ2v) is 6.46. The van der Waals surface area contributed by atoms with Gasteiger partial charge in [0.1, 0.15) is 10.5 Å². The molecule has 0 heterocycles. The maximum absolute atomic E-state index is 11.1. The number of carbonyl (C=O) groups is 2. The Morgan fingerprint density at radius 3 is 1.35 bits per heavy atom. The van der Waals surface area contributed by atoms with Crippen molar-refractivity contribution in [2.75, 3.05) is 0 Å². The van der Waals surface area contributed by atoms with Crippen LogP contribution in [0.15, 0.2) is 0 Å². The van der Waals surface area contributed by atoms with Gasteiger partial charge in [-0.2, -0.15) is 0 Å². The molecule has 0 aromatic heterocycles. The van der Waals surface area contributed by atoms with Crippen molar-refractivity contribution in [2.24, 2.45) is 11.8 Å². The Hall–Kier alpha value is -0.710. The minimum atomic E-state index is -0.918. The average Bonchev–Trinajstić information content (AvgIpc) is 2.13. The van der Waals surface area contributed by atoms with E-state index < -0.39 is 22.4 Å². The lowest BCUT2D eigenvalue weighted by Crippen LogP contribution is -2.27. The molecule has 17 heavy (non-hydrogen) atoms. The molecule has 0 rings (SSSR count). The number of carboxylic acid groups (broad SMARTS) is 2. The highest BCUT2D eigenvalue weighted by molar-refractivity contribution is 8.01. The van der Waals surface area contributed by atoms with Gasteiger partial charge in [-0.25, -0.2) is 0 Å². The van der Waals surface area contributed by atoms with E-state index in [1.54, 1.807) is 0 Å². The molecular formula is C12H22O4S. The first kappa shape index (κ1) is 16.3. The first-order chi connectivity index (χ1) is 7.73. The van der Waals surface area contributed by atoms with Gasteiger partial charge in [0.05, 0.1) is 0 Å². The van der Waals surface area contributed by atoms with Crippen molar-refractivity contribution in [2.45, 2.75) is 51.0 Å². The van der Waals surface area contributed by atoms with Crippen LogP contribution in [-0.4, -0.2) is 32.7 Å². The molecule has 5 heteroatoms. The predicted octanol–water partition coefficient (Wildman–Crippen LogP) is 2.72. The summed E-state index contributed by atoms with van der Waals surface area (Å²) in [5, 5.41) is 16.9. The molecule has 0 aliphatic carbocycles. The van der Waals surface area contributed by atoms with E-state index in [1.807, 2.05) is 27.7 Å². The fourth-order valence-corrected chi connectivity index (χ4v) is 3.11. The average molecular weight is 262 g/mol. The second-order valence-electron chi connectivity index (χ2n) is 5.05. The van der Waals surface area contributed by atoms with Crippen LogP contribution in [0.4, 0.5) is 0 Å². The van der Waals surface area contributed by atoms with Crippen molar-refractivity contribution in [3.63, 3.8) is 0 Å². The summed E-state index contributed by atoms with van der Waals surface area (Å²) in [5.41, 5.74) is 0. The lowest BCUT2D eigenvalue weighted by atomic mass is 10.1. The van der Waals surface area contributed by atoms with Crippen LogP contribution in [0.2, 0.25) is 0 Å². The zero-order chi connectivity index (χ0) is 13.6. The van der Waals surface area contributed by atoms with Crippen LogP contribution >= 0.6 is 11.8 Å². The van der Waals surface area contributed by atoms with Gasteiger partial charge in [0.25, 0.3) is 0 Å². The molecule has 0 aromatic carbocycles. The van der Waals surface area contributed by atoms with Gasteiger partial charge in [-0.05, 0) is 24.7 Å². The molecule has 0 bridgehead atoms. The van der Waals surface area contributed by atoms with Gasteiger partial charge in [-0.1, -0.05) is 27.7 Å². The smallest absolute Gasteiger partial charge is 0.316 e. The van der Waals surface area contributed by atoms with Crippen molar-refractivity contribution in [3.05, 3.63) is 0 Å². The summed E-state index contributed by atoms with van der Waals surface area (Å²) >= 11 is 1.06. The highest BCUT2D eigenvalue weighted by atomic mass is 32.2. The number of thioether (sulfide) groups is 1. The maximum atomic E-state index is 11.1. The van der Waals surface area contributed by atoms with Crippen molar-refractivity contribution in [1.82, 2.24) is 0 Å². The fraction of sp³-hybridized carbons (Fsp3) is 0.833. The summed E-state index contributed by atoms with van der Waals surface area (Å²) < 4.78 is 0. The zero-order valence-electron chi connectivity index (χ0n) is 10.8. The molecule has 2 N–H and O–H groups in total. The van der Waals surface area contributed by atoms with Gasteiger partial charge in [-0.3, -0.25) is 9.59 Å². The van der Waals surface area contributed by atoms with Crippen LogP contribution in [0, 0.1) is 11.8 Å². The van der Waals surface area contributed by atoms with E-state index in [0.717, 1.165) is 11.8 Å². The number of rotatable bonds is 8. The monoisotopic (exact) mass is 262 g/mol. The Balaban J connectivity index is 4.56. The summed E-state index contributed by atoms with van der Waals surface area (Å²) in [6.07, 6.45) is 1.00. The van der Waals surface area contributed by atoms with Gasteiger partial charge in [-0.15, -0.1) is 11.8 Å². The number of hydrogen-bond donors (Lipinski definition) is 2. The van der Waals surface area contributed by atoms with Crippen molar-refractivity contribution in [3.8, 4) is 0 Å². The molecule has 0 aliphatic rings. The quantitative estimate of drug-likeness (QED) is 0.703. The lowest BCUT2D eigenvalue weighted by molar-refractivity contribution is -0.136. The molecule has 0 saturated carbocycles. The summed E-state index contributed by atoms with van der Waals surface area (Å²) in [4.78, 5) is 22.1. The van der Waals surface area contributed by atoms with Crippen molar-refractivity contribution < 1.29 is 19.8 Å². The molecule has 0 aromatic rings. The normalized spacial score (nSPS) is 14.9. The lowest BCUT2D eigenvalue weighted by Gasteiger charge is -2.20. The largest absolute Gasteiger partial charge is 0.480 e. The molecule has 0 fully saturated rings. The third kappa shape index (κ3) is 7.26. The van der Waals surface area contributed by atoms with E-state index in [9.17, 15) is 9.59 Å². The third-order valence-corrected chi connectivity index (χ3v) is 3.70. The predicted molar refractivity (Wildman–Crippen MR) is 69.3 cm³/mol. The summed E-state index contributed by atoms with van der Waals surface area (Å²) in [7, 11) is 0. The van der Waals surface area contributed by atoms with Gasteiger partial charge < -0.3 is 10.2 Å². The van der Waals surface area contributed by atoms with Crippen LogP contribution in [0.25, 0.3) is 0 Å². The molecule has 4 nitrogen and oxygen atoms in total. The number of hydrogen-bond acceptors (Lipinski definition) is 3. The molecule has 0 amide bonds. The fourth-order valence-electron chi connectivity index (χ4n) is 1.48. The van der Waals surface area contributed by atoms with Crippen molar-refractivity contribution >= 4 is 23.7 Å². The highest BCUT2D eigenvalue weighted by Crippen LogP contribution is 2.28. The molecule has 0 aliphatic heterocycles. The number of carboxylic acids is 2. The summed E-state index contributed by atoms with van der Waals surface area (Å²) in [6.45, 7) is 7.76. The molecular weight excluding hydrogens is 240 g/mol. The first-order valence-electron chi connectivity index (χ1n) is 5.85. The molecule has 0 radical (unpaired) electrons. The minimum Gasteiger partial charge on any atom is -0.480 e. The van der Waals surface area contributed by atoms with Gasteiger partial charge >= 0.3 is 11.9 Å².